The van der Waals surface area contributed by atoms with Crippen LogP contribution in [-0.4, -0.2) is 41.8 Å². The Balaban J connectivity index is 1.73. The number of nitro benzene ring substituents is 1. The molecule has 0 atom stereocenters. The van der Waals surface area contributed by atoms with Crippen molar-refractivity contribution >= 4 is 61.1 Å². The van der Waals surface area contributed by atoms with Crippen LogP contribution < -0.4 is 14.9 Å². The Hall–Kier alpha value is -3.51. The highest BCUT2D eigenvalue weighted by Gasteiger charge is 2.14. The van der Waals surface area contributed by atoms with E-state index < -0.39 is 23.4 Å². The Morgan fingerprint density at radius 2 is 2.10 bits per heavy atom. The summed E-state index contributed by atoms with van der Waals surface area (Å²) >= 11 is 4.48. The SMILES string of the molecule is COc1cc(/C=N\NC(=O)c2cc3cc([N+](=O)[O-])ccc3s2)cc(Br)c1OCC(=O)O. The molecule has 1 aromatic heterocycles. The Kier molecular flexibility index (Phi) is 6.82. The number of benzene rings is 2. The number of halogens is 1. The molecule has 0 spiro atoms. The molecule has 10 nitrogen and oxygen atoms in total. The molecule has 160 valence electrons. The van der Waals surface area contributed by atoms with Crippen molar-refractivity contribution in [3.63, 3.8) is 0 Å². The van der Waals surface area contributed by atoms with Gasteiger partial charge in [-0.15, -0.1) is 11.3 Å². The second kappa shape index (κ2) is 9.53. The highest BCUT2D eigenvalue weighted by molar-refractivity contribution is 9.10. The number of carbonyl (C=O) groups is 2. The number of rotatable bonds is 8. The van der Waals surface area contributed by atoms with E-state index in [1.807, 2.05) is 0 Å². The summed E-state index contributed by atoms with van der Waals surface area (Å²) in [6.07, 6.45) is 1.38. The summed E-state index contributed by atoms with van der Waals surface area (Å²) in [5.41, 5.74) is 2.90. The molecule has 2 N–H and O–H groups in total. The van der Waals surface area contributed by atoms with Gasteiger partial charge in [-0.3, -0.25) is 14.9 Å². The molecular formula is C19H14BrN3O7S. The fourth-order valence-corrected chi connectivity index (χ4v) is 4.07. The molecule has 0 fully saturated rings. The van der Waals surface area contributed by atoms with Crippen LogP contribution in [0, 0.1) is 10.1 Å². The van der Waals surface area contributed by atoms with Crippen molar-refractivity contribution in [1.29, 1.82) is 0 Å². The van der Waals surface area contributed by atoms with E-state index in [0.717, 1.165) is 4.70 Å². The maximum atomic E-state index is 12.4. The summed E-state index contributed by atoms with van der Waals surface area (Å²) in [6.45, 7) is -0.531. The maximum absolute atomic E-state index is 12.4. The largest absolute Gasteiger partial charge is 0.493 e. The summed E-state index contributed by atoms with van der Waals surface area (Å²) in [4.78, 5) is 33.8. The number of amides is 1. The number of carbonyl (C=O) groups excluding carboxylic acids is 1. The van der Waals surface area contributed by atoms with E-state index >= 15 is 0 Å². The van der Waals surface area contributed by atoms with Crippen LogP contribution in [0.25, 0.3) is 10.1 Å². The Bertz CT molecular complexity index is 1210. The molecule has 0 bridgehead atoms. The standard InChI is InChI=1S/C19H14BrN3O7S/c1-29-14-5-10(4-13(20)18(14)30-9-17(24)25)8-21-22-19(26)16-7-11-6-12(23(27)28)2-3-15(11)31-16/h2-8H,9H2,1H3,(H,22,26)(H,24,25)/b21-8-. The molecule has 31 heavy (non-hydrogen) atoms. The molecule has 1 amide bonds. The van der Waals surface area contributed by atoms with E-state index in [1.165, 1.54) is 36.8 Å². The zero-order valence-electron chi connectivity index (χ0n) is 15.8. The average molecular weight is 508 g/mol. The monoisotopic (exact) mass is 507 g/mol. The number of aliphatic carboxylic acids is 1. The average Bonchev–Trinajstić information content (AvgIpc) is 3.15. The zero-order valence-corrected chi connectivity index (χ0v) is 18.2. The van der Waals surface area contributed by atoms with Crippen LogP contribution in [-0.2, 0) is 4.79 Å². The first-order chi connectivity index (χ1) is 14.8. The van der Waals surface area contributed by atoms with Gasteiger partial charge in [-0.2, -0.15) is 5.10 Å². The number of nitro groups is 1. The minimum absolute atomic E-state index is 0.0504. The number of nitrogens with one attached hydrogen (secondary N) is 1. The second-order valence-electron chi connectivity index (χ2n) is 6.01. The van der Waals surface area contributed by atoms with Gasteiger partial charge in [-0.1, -0.05) is 0 Å². The molecule has 2 aromatic carbocycles. The Morgan fingerprint density at radius 1 is 1.32 bits per heavy atom. The minimum atomic E-state index is -1.13. The zero-order chi connectivity index (χ0) is 22.5. The topological polar surface area (TPSA) is 140 Å². The lowest BCUT2D eigenvalue weighted by Gasteiger charge is -2.12. The number of carboxylic acid groups (broad SMARTS) is 1. The van der Waals surface area contributed by atoms with E-state index in [0.29, 0.717) is 20.3 Å². The molecule has 0 aliphatic rings. The lowest BCUT2D eigenvalue weighted by Crippen LogP contribution is -2.16. The number of carboxylic acids is 1. The third-order valence-corrected chi connectivity index (χ3v) is 5.61. The summed E-state index contributed by atoms with van der Waals surface area (Å²) in [7, 11) is 1.41. The van der Waals surface area contributed by atoms with Gasteiger partial charge in [0.15, 0.2) is 18.1 Å². The predicted molar refractivity (Wildman–Crippen MR) is 117 cm³/mol. The third kappa shape index (κ3) is 5.35. The van der Waals surface area contributed by atoms with Gasteiger partial charge in [0, 0.05) is 22.2 Å². The molecule has 1 heterocycles. The van der Waals surface area contributed by atoms with Gasteiger partial charge in [0.25, 0.3) is 11.6 Å². The number of methoxy groups -OCH3 is 1. The number of thiophene rings is 1. The van der Waals surface area contributed by atoms with Crippen molar-refractivity contribution in [3.05, 3.63) is 61.4 Å². The van der Waals surface area contributed by atoms with Crippen LogP contribution in [0.4, 0.5) is 5.69 Å². The maximum Gasteiger partial charge on any atom is 0.341 e. The summed E-state index contributed by atoms with van der Waals surface area (Å²) in [5.74, 6) is -1.08. The van der Waals surface area contributed by atoms with Gasteiger partial charge in [-0.25, -0.2) is 10.2 Å². The lowest BCUT2D eigenvalue weighted by atomic mass is 10.2. The number of hydrogen-bond donors (Lipinski definition) is 2. The van der Waals surface area contributed by atoms with Crippen molar-refractivity contribution in [2.24, 2.45) is 5.10 Å². The minimum Gasteiger partial charge on any atom is -0.493 e. The van der Waals surface area contributed by atoms with Gasteiger partial charge in [-0.05, 0) is 45.8 Å². The van der Waals surface area contributed by atoms with Crippen LogP contribution >= 0.6 is 27.3 Å². The van der Waals surface area contributed by atoms with Crippen LogP contribution in [0.15, 0.2) is 46.0 Å². The smallest absolute Gasteiger partial charge is 0.341 e. The van der Waals surface area contributed by atoms with Crippen molar-refractivity contribution in [1.82, 2.24) is 5.43 Å². The number of ether oxygens (including phenoxy) is 2. The quantitative estimate of drug-likeness (QED) is 0.268. The molecule has 0 saturated carbocycles. The number of fused-ring (bicyclic) bond motifs is 1. The first-order valence-corrected chi connectivity index (χ1v) is 10.1. The van der Waals surface area contributed by atoms with Crippen LogP contribution in [0.2, 0.25) is 0 Å². The van der Waals surface area contributed by atoms with Gasteiger partial charge < -0.3 is 14.6 Å². The normalized spacial score (nSPS) is 10.9. The van der Waals surface area contributed by atoms with Crippen LogP contribution in [0.3, 0.4) is 0 Å². The predicted octanol–water partition coefficient (Wildman–Crippen LogP) is 3.81. The van der Waals surface area contributed by atoms with Gasteiger partial charge in [0.2, 0.25) is 0 Å². The van der Waals surface area contributed by atoms with Crippen LogP contribution in [0.5, 0.6) is 11.5 Å². The molecule has 0 unspecified atom stereocenters. The molecule has 3 rings (SSSR count). The van der Waals surface area contributed by atoms with Crippen molar-refractivity contribution in [2.75, 3.05) is 13.7 Å². The molecule has 3 aromatic rings. The molecule has 0 saturated heterocycles. The van der Waals surface area contributed by atoms with Crippen molar-refractivity contribution in [2.45, 2.75) is 0 Å². The van der Waals surface area contributed by atoms with Gasteiger partial charge >= 0.3 is 5.97 Å². The molecule has 0 aliphatic carbocycles. The van der Waals surface area contributed by atoms with E-state index in [2.05, 4.69) is 26.5 Å². The summed E-state index contributed by atoms with van der Waals surface area (Å²) in [6, 6.07) is 9.13. The van der Waals surface area contributed by atoms with E-state index in [4.69, 9.17) is 14.6 Å². The molecular weight excluding hydrogens is 494 g/mol. The summed E-state index contributed by atoms with van der Waals surface area (Å²) in [5, 5.41) is 24.2. The van der Waals surface area contributed by atoms with Gasteiger partial charge in [0.1, 0.15) is 0 Å². The lowest BCUT2D eigenvalue weighted by molar-refractivity contribution is -0.384. The Morgan fingerprint density at radius 3 is 2.77 bits per heavy atom. The number of hydrogen-bond acceptors (Lipinski definition) is 8. The number of hydrazone groups is 1. The molecule has 0 radical (unpaired) electrons. The van der Waals surface area contributed by atoms with E-state index in [1.54, 1.807) is 24.3 Å². The van der Waals surface area contributed by atoms with Crippen molar-refractivity contribution < 1.29 is 29.1 Å². The van der Waals surface area contributed by atoms with E-state index in [-0.39, 0.29) is 17.2 Å². The first kappa shape index (κ1) is 22.2. The number of non-ortho nitro benzene ring substituents is 1. The Labute approximate surface area is 187 Å². The fourth-order valence-electron chi connectivity index (χ4n) is 2.57. The second-order valence-corrected chi connectivity index (χ2v) is 7.94. The van der Waals surface area contributed by atoms with Crippen LogP contribution in [0.1, 0.15) is 15.2 Å². The number of nitrogens with zero attached hydrogens (tertiary/aromatic N) is 2. The molecule has 0 aliphatic heterocycles. The third-order valence-electron chi connectivity index (χ3n) is 3.91. The first-order valence-electron chi connectivity index (χ1n) is 8.52. The van der Waals surface area contributed by atoms with Crippen molar-refractivity contribution in [3.8, 4) is 11.5 Å². The molecule has 12 heteroatoms. The highest BCUT2D eigenvalue weighted by Crippen LogP contribution is 2.36. The summed E-state index contributed by atoms with van der Waals surface area (Å²) < 4.78 is 11.6. The fraction of sp³-hybridized carbons (Fsp3) is 0.105. The highest BCUT2D eigenvalue weighted by atomic mass is 79.9. The van der Waals surface area contributed by atoms with Gasteiger partial charge in [0.05, 0.1) is 27.6 Å². The van der Waals surface area contributed by atoms with E-state index in [9.17, 15) is 19.7 Å².